The maximum Gasteiger partial charge on any atom is 0.316 e. The number of carbonyl (C=O) groups is 2. The van der Waals surface area contributed by atoms with Gasteiger partial charge in [-0.3, -0.25) is 9.59 Å². The van der Waals surface area contributed by atoms with Crippen LogP contribution in [0.25, 0.3) is 0 Å². The summed E-state index contributed by atoms with van der Waals surface area (Å²) in [5, 5.41) is 36.0. The number of carbonyl (C=O) groups excluding carboxylic acids is 2. The van der Waals surface area contributed by atoms with E-state index in [1.54, 1.807) is 0 Å². The van der Waals surface area contributed by atoms with Crippen LogP contribution in [0.15, 0.2) is 0 Å². The van der Waals surface area contributed by atoms with Crippen LogP contribution in [0.3, 0.4) is 0 Å². The van der Waals surface area contributed by atoms with Gasteiger partial charge in [0.15, 0.2) is 0 Å². The van der Waals surface area contributed by atoms with Crippen LogP contribution in [0.4, 0.5) is 0 Å². The van der Waals surface area contributed by atoms with Crippen LogP contribution in [0, 0.1) is 10.8 Å². The van der Waals surface area contributed by atoms with E-state index in [-0.39, 0.29) is 19.6 Å². The molecule has 0 aliphatic rings. The van der Waals surface area contributed by atoms with Gasteiger partial charge in [-0.25, -0.2) is 0 Å². The molecule has 0 aromatic carbocycles. The molecular weight excluding hydrogens is 284 g/mol. The molecule has 0 saturated carbocycles. The summed E-state index contributed by atoms with van der Waals surface area (Å²) < 4.78 is 9.72. The highest BCUT2D eigenvalue weighted by molar-refractivity contribution is 5.77. The van der Waals surface area contributed by atoms with Crippen LogP contribution in [-0.4, -0.2) is 72.0 Å². The van der Waals surface area contributed by atoms with E-state index in [2.05, 4.69) is 0 Å². The van der Waals surface area contributed by atoms with E-state index < -0.39 is 49.2 Å². The molecule has 124 valence electrons. The Labute approximate surface area is 123 Å². The zero-order valence-electron chi connectivity index (χ0n) is 12.4. The van der Waals surface area contributed by atoms with Gasteiger partial charge < -0.3 is 29.9 Å². The van der Waals surface area contributed by atoms with Crippen molar-refractivity contribution in [3.63, 3.8) is 0 Å². The van der Waals surface area contributed by atoms with Crippen LogP contribution >= 0.6 is 0 Å². The number of rotatable bonds is 10. The molecular formula is C13H24O8. The van der Waals surface area contributed by atoms with E-state index in [4.69, 9.17) is 29.9 Å². The minimum Gasteiger partial charge on any atom is -0.465 e. The molecule has 0 aromatic rings. The average molecular weight is 308 g/mol. The Morgan fingerprint density at radius 1 is 0.762 bits per heavy atom. The van der Waals surface area contributed by atoms with Crippen molar-refractivity contribution in [1.29, 1.82) is 0 Å². The molecule has 21 heavy (non-hydrogen) atoms. The average Bonchev–Trinajstić information content (AvgIpc) is 2.52. The molecule has 0 unspecified atom stereocenters. The van der Waals surface area contributed by atoms with Gasteiger partial charge in [0.05, 0.1) is 39.6 Å². The molecule has 0 rings (SSSR count). The van der Waals surface area contributed by atoms with Crippen molar-refractivity contribution < 1.29 is 39.5 Å². The Bertz CT molecular complexity index is 301. The van der Waals surface area contributed by atoms with Crippen molar-refractivity contribution in [3.05, 3.63) is 0 Å². The summed E-state index contributed by atoms with van der Waals surface area (Å²) in [5.41, 5.74) is -2.72. The number of esters is 2. The third-order valence-electron chi connectivity index (χ3n) is 3.14. The highest BCUT2D eigenvalue weighted by atomic mass is 16.5. The lowest BCUT2D eigenvalue weighted by atomic mass is 9.93. The fraction of sp³-hybridized carbons (Fsp3) is 0.846. The van der Waals surface area contributed by atoms with Gasteiger partial charge in [0.2, 0.25) is 0 Å². The van der Waals surface area contributed by atoms with E-state index in [0.29, 0.717) is 0 Å². The molecule has 0 saturated heterocycles. The standard InChI is InChI=1S/C13H24O8/c1-12(6-14,7-15)10(18)20-4-3-5-21-11(19)13(2,8-16)9-17/h14-17H,3-9H2,1-2H3. The summed E-state index contributed by atoms with van der Waals surface area (Å²) in [7, 11) is 0. The van der Waals surface area contributed by atoms with E-state index in [9.17, 15) is 9.59 Å². The van der Waals surface area contributed by atoms with E-state index in [1.807, 2.05) is 0 Å². The Kier molecular flexibility index (Phi) is 8.41. The predicted molar refractivity (Wildman–Crippen MR) is 71.1 cm³/mol. The van der Waals surface area contributed by atoms with Crippen LogP contribution < -0.4 is 0 Å². The lowest BCUT2D eigenvalue weighted by Crippen LogP contribution is -2.38. The molecule has 0 amide bonds. The summed E-state index contributed by atoms with van der Waals surface area (Å²) >= 11 is 0. The molecule has 4 N–H and O–H groups in total. The minimum atomic E-state index is -1.36. The summed E-state index contributed by atoms with van der Waals surface area (Å²) in [6.07, 6.45) is 0.220. The molecule has 0 bridgehead atoms. The summed E-state index contributed by atoms with van der Waals surface area (Å²) in [6.45, 7) is 0.483. The van der Waals surface area contributed by atoms with Crippen molar-refractivity contribution in [2.45, 2.75) is 20.3 Å². The summed E-state index contributed by atoms with van der Waals surface area (Å²) in [5.74, 6) is -1.48. The van der Waals surface area contributed by atoms with Crippen molar-refractivity contribution in [1.82, 2.24) is 0 Å². The molecule has 0 aromatic heterocycles. The van der Waals surface area contributed by atoms with E-state index in [1.165, 1.54) is 13.8 Å². The lowest BCUT2D eigenvalue weighted by molar-refractivity contribution is -0.162. The zero-order valence-corrected chi connectivity index (χ0v) is 12.4. The van der Waals surface area contributed by atoms with E-state index >= 15 is 0 Å². The van der Waals surface area contributed by atoms with Crippen molar-refractivity contribution in [2.24, 2.45) is 10.8 Å². The molecule has 0 spiro atoms. The Balaban J connectivity index is 4.03. The topological polar surface area (TPSA) is 134 Å². The van der Waals surface area contributed by atoms with Crippen molar-refractivity contribution >= 4 is 11.9 Å². The molecule has 0 atom stereocenters. The minimum absolute atomic E-state index is 0.0450. The van der Waals surface area contributed by atoms with Crippen LogP contribution in [0.2, 0.25) is 0 Å². The Morgan fingerprint density at radius 2 is 1.05 bits per heavy atom. The number of aliphatic hydroxyl groups is 4. The maximum absolute atomic E-state index is 11.6. The third-order valence-corrected chi connectivity index (χ3v) is 3.14. The van der Waals surface area contributed by atoms with Gasteiger partial charge in [0.25, 0.3) is 0 Å². The fourth-order valence-corrected chi connectivity index (χ4v) is 1.10. The first kappa shape index (κ1) is 19.8. The van der Waals surface area contributed by atoms with Crippen LogP contribution in [0.5, 0.6) is 0 Å². The smallest absolute Gasteiger partial charge is 0.316 e. The second kappa shape index (κ2) is 8.93. The van der Waals surface area contributed by atoms with Crippen LogP contribution in [0.1, 0.15) is 20.3 Å². The van der Waals surface area contributed by atoms with Gasteiger partial charge in [-0.05, 0) is 13.8 Å². The quantitative estimate of drug-likeness (QED) is 0.281. The molecule has 8 heteroatoms. The highest BCUT2D eigenvalue weighted by Gasteiger charge is 2.34. The second-order valence-corrected chi connectivity index (χ2v) is 5.38. The Hall–Kier alpha value is -1.22. The van der Waals surface area contributed by atoms with Crippen molar-refractivity contribution in [3.8, 4) is 0 Å². The first-order chi connectivity index (χ1) is 9.79. The largest absolute Gasteiger partial charge is 0.465 e. The Morgan fingerprint density at radius 3 is 1.29 bits per heavy atom. The second-order valence-electron chi connectivity index (χ2n) is 5.38. The monoisotopic (exact) mass is 308 g/mol. The number of hydrogen-bond acceptors (Lipinski definition) is 8. The highest BCUT2D eigenvalue weighted by Crippen LogP contribution is 2.17. The first-order valence-corrected chi connectivity index (χ1v) is 6.57. The number of ether oxygens (including phenoxy) is 2. The van der Waals surface area contributed by atoms with Crippen molar-refractivity contribution in [2.75, 3.05) is 39.6 Å². The SMILES string of the molecule is CC(CO)(CO)C(=O)OCCCOC(=O)C(C)(CO)CO. The summed E-state index contributed by atoms with van der Waals surface area (Å²) in [6, 6.07) is 0. The number of hydrogen-bond donors (Lipinski definition) is 4. The van der Waals surface area contributed by atoms with Gasteiger partial charge in [-0.15, -0.1) is 0 Å². The molecule has 0 aliphatic carbocycles. The maximum atomic E-state index is 11.6. The lowest BCUT2D eigenvalue weighted by Gasteiger charge is -2.23. The van der Waals surface area contributed by atoms with Gasteiger partial charge in [-0.1, -0.05) is 0 Å². The zero-order chi connectivity index (χ0) is 16.5. The molecule has 0 heterocycles. The van der Waals surface area contributed by atoms with Gasteiger partial charge >= 0.3 is 11.9 Å². The summed E-state index contributed by atoms with van der Waals surface area (Å²) in [4.78, 5) is 23.1. The van der Waals surface area contributed by atoms with E-state index in [0.717, 1.165) is 0 Å². The van der Waals surface area contributed by atoms with Gasteiger partial charge in [0.1, 0.15) is 10.8 Å². The molecule has 8 nitrogen and oxygen atoms in total. The van der Waals surface area contributed by atoms with Crippen LogP contribution in [-0.2, 0) is 19.1 Å². The normalized spacial score (nSPS) is 12.1. The molecule has 0 aliphatic heterocycles. The fourth-order valence-electron chi connectivity index (χ4n) is 1.10. The molecule has 0 radical (unpaired) electrons. The third kappa shape index (κ3) is 5.58. The van der Waals surface area contributed by atoms with Gasteiger partial charge in [-0.2, -0.15) is 0 Å². The predicted octanol–water partition coefficient (Wildman–Crippen LogP) is -1.56. The number of aliphatic hydroxyl groups excluding tert-OH is 4. The first-order valence-electron chi connectivity index (χ1n) is 6.57. The molecule has 0 fully saturated rings. The van der Waals surface area contributed by atoms with Gasteiger partial charge in [0, 0.05) is 6.42 Å².